The third-order valence-corrected chi connectivity index (χ3v) is 5.59. The molecule has 0 saturated carbocycles. The van der Waals surface area contributed by atoms with Crippen molar-refractivity contribution in [2.24, 2.45) is 5.92 Å². The molecule has 1 aromatic carbocycles. The predicted molar refractivity (Wildman–Crippen MR) is 120 cm³/mol. The van der Waals surface area contributed by atoms with Crippen molar-refractivity contribution in [1.82, 2.24) is 14.6 Å². The molecule has 0 aliphatic rings. The van der Waals surface area contributed by atoms with Gasteiger partial charge < -0.3 is 10.1 Å². The van der Waals surface area contributed by atoms with Gasteiger partial charge in [-0.25, -0.2) is 14.2 Å². The summed E-state index contributed by atoms with van der Waals surface area (Å²) in [4.78, 5) is 17.0. The Bertz CT molecular complexity index is 1070. The van der Waals surface area contributed by atoms with Gasteiger partial charge in [-0.15, -0.1) is 0 Å². The van der Waals surface area contributed by atoms with Crippen molar-refractivity contribution in [2.45, 2.75) is 53.0 Å². The molecule has 0 saturated heterocycles. The largest absolute Gasteiger partial charge is 0.462 e. The van der Waals surface area contributed by atoms with Gasteiger partial charge in [-0.3, -0.25) is 0 Å². The van der Waals surface area contributed by atoms with Gasteiger partial charge in [0, 0.05) is 18.0 Å². The number of benzene rings is 1. The molecule has 0 bridgehead atoms. The number of halogens is 2. The highest BCUT2D eigenvalue weighted by atomic mass is 35.5. The van der Waals surface area contributed by atoms with E-state index < -0.39 is 5.97 Å². The number of anilines is 1. The van der Waals surface area contributed by atoms with E-state index in [1.165, 1.54) is 18.3 Å². The molecular weight excluding hydrogens is 419 g/mol. The van der Waals surface area contributed by atoms with E-state index in [9.17, 15) is 9.18 Å². The van der Waals surface area contributed by atoms with Crippen LogP contribution in [0.3, 0.4) is 0 Å². The summed E-state index contributed by atoms with van der Waals surface area (Å²) in [6.45, 7) is 8.62. The second kappa shape index (κ2) is 10.1. The average Bonchev–Trinajstić information content (AvgIpc) is 3.14. The van der Waals surface area contributed by atoms with E-state index in [1.54, 1.807) is 10.6 Å². The molecular formula is C23H28ClFN4O2. The van der Waals surface area contributed by atoms with Crippen molar-refractivity contribution in [3.63, 3.8) is 0 Å². The summed E-state index contributed by atoms with van der Waals surface area (Å²) < 4.78 is 20.6. The quantitative estimate of drug-likeness (QED) is 0.266. The van der Waals surface area contributed by atoms with Crippen LogP contribution in [0.4, 0.5) is 10.2 Å². The topological polar surface area (TPSA) is 68.5 Å². The van der Waals surface area contributed by atoms with Gasteiger partial charge >= 0.3 is 5.97 Å². The zero-order chi connectivity index (χ0) is 22.5. The van der Waals surface area contributed by atoms with Gasteiger partial charge in [-0.1, -0.05) is 50.9 Å². The SMILES string of the molecule is CCCCOC(=O)c1cnn2c(NC(C)C(C)C)c(Cc3cccc(F)c3)c(Cl)nc12. The van der Waals surface area contributed by atoms with Gasteiger partial charge in [0.1, 0.15) is 22.4 Å². The smallest absolute Gasteiger partial charge is 0.343 e. The highest BCUT2D eigenvalue weighted by Gasteiger charge is 2.23. The maximum Gasteiger partial charge on any atom is 0.343 e. The van der Waals surface area contributed by atoms with Gasteiger partial charge in [0.25, 0.3) is 0 Å². The van der Waals surface area contributed by atoms with Crippen molar-refractivity contribution in [2.75, 3.05) is 11.9 Å². The molecule has 166 valence electrons. The molecule has 31 heavy (non-hydrogen) atoms. The number of rotatable bonds is 9. The first-order chi connectivity index (χ1) is 14.8. The molecule has 0 aliphatic carbocycles. The lowest BCUT2D eigenvalue weighted by atomic mass is 10.0. The lowest BCUT2D eigenvalue weighted by molar-refractivity contribution is 0.0502. The van der Waals surface area contributed by atoms with Gasteiger partial charge in [0.05, 0.1) is 12.8 Å². The predicted octanol–water partition coefficient (Wildman–Crippen LogP) is 5.53. The van der Waals surface area contributed by atoms with E-state index >= 15 is 0 Å². The first-order valence-electron chi connectivity index (χ1n) is 10.6. The number of nitrogens with zero attached hydrogens (tertiary/aromatic N) is 3. The minimum absolute atomic E-state index is 0.0945. The Morgan fingerprint density at radius 3 is 2.77 bits per heavy atom. The van der Waals surface area contributed by atoms with Gasteiger partial charge in [0.2, 0.25) is 0 Å². The summed E-state index contributed by atoms with van der Waals surface area (Å²) >= 11 is 6.58. The zero-order valence-corrected chi connectivity index (χ0v) is 19.0. The van der Waals surface area contributed by atoms with E-state index in [1.807, 2.05) is 13.0 Å². The molecule has 0 radical (unpaired) electrons. The molecule has 2 aromatic heterocycles. The van der Waals surface area contributed by atoms with Crippen molar-refractivity contribution in [1.29, 1.82) is 0 Å². The lowest BCUT2D eigenvalue weighted by Gasteiger charge is -2.22. The van der Waals surface area contributed by atoms with Gasteiger partial charge in [0.15, 0.2) is 5.65 Å². The number of esters is 1. The fourth-order valence-electron chi connectivity index (χ4n) is 3.07. The van der Waals surface area contributed by atoms with Gasteiger partial charge in [-0.2, -0.15) is 9.61 Å². The number of ether oxygens (including phenoxy) is 1. The highest BCUT2D eigenvalue weighted by Crippen LogP contribution is 2.29. The molecule has 0 amide bonds. The number of hydrogen-bond acceptors (Lipinski definition) is 5. The normalized spacial score (nSPS) is 12.4. The number of hydrogen-bond donors (Lipinski definition) is 1. The second-order valence-electron chi connectivity index (χ2n) is 8.00. The highest BCUT2D eigenvalue weighted by molar-refractivity contribution is 6.30. The fraction of sp³-hybridized carbons (Fsp3) is 0.435. The number of unbranched alkanes of at least 4 members (excludes halogenated alkanes) is 1. The van der Waals surface area contributed by atoms with Crippen LogP contribution in [0.2, 0.25) is 5.15 Å². The van der Waals surface area contributed by atoms with Crippen LogP contribution < -0.4 is 5.32 Å². The number of carbonyl (C=O) groups excluding carboxylic acids is 1. The van der Waals surface area contributed by atoms with Crippen LogP contribution >= 0.6 is 11.6 Å². The van der Waals surface area contributed by atoms with Crippen molar-refractivity contribution < 1.29 is 13.9 Å². The molecule has 1 atom stereocenters. The zero-order valence-electron chi connectivity index (χ0n) is 18.3. The third-order valence-electron chi connectivity index (χ3n) is 5.28. The summed E-state index contributed by atoms with van der Waals surface area (Å²) in [6.07, 6.45) is 3.53. The minimum atomic E-state index is -0.479. The van der Waals surface area contributed by atoms with Crippen molar-refractivity contribution in [3.05, 3.63) is 58.1 Å². The van der Waals surface area contributed by atoms with E-state index in [-0.39, 0.29) is 22.6 Å². The molecule has 0 fully saturated rings. The fourth-order valence-corrected chi connectivity index (χ4v) is 3.30. The standard InChI is InChI=1S/C23H28ClFN4O2/c1-5-6-10-31-23(30)19-13-26-29-21(27-15(4)14(2)3)18(20(24)28-22(19)29)12-16-8-7-9-17(25)11-16/h7-9,11,13-15,27H,5-6,10,12H2,1-4H3. The number of nitrogens with one attached hydrogen (secondary N) is 1. The Morgan fingerprint density at radius 1 is 1.32 bits per heavy atom. The van der Waals surface area contributed by atoms with Crippen LogP contribution in [0.1, 0.15) is 62.0 Å². The maximum atomic E-state index is 13.7. The number of fused-ring (bicyclic) bond motifs is 1. The first kappa shape index (κ1) is 23.0. The van der Waals surface area contributed by atoms with E-state index in [2.05, 4.69) is 36.2 Å². The summed E-state index contributed by atoms with van der Waals surface area (Å²) in [5.74, 6) is 0.169. The Hall–Kier alpha value is -2.67. The van der Waals surface area contributed by atoms with Gasteiger partial charge in [-0.05, 0) is 37.0 Å². The molecule has 2 heterocycles. The van der Waals surface area contributed by atoms with Crippen molar-refractivity contribution in [3.8, 4) is 0 Å². The summed E-state index contributed by atoms with van der Waals surface area (Å²) in [7, 11) is 0. The van der Waals surface area contributed by atoms with Crippen LogP contribution in [-0.4, -0.2) is 33.2 Å². The van der Waals surface area contributed by atoms with Crippen LogP contribution in [0.15, 0.2) is 30.5 Å². The molecule has 3 rings (SSSR count). The molecule has 1 N–H and O–H groups in total. The van der Waals surface area contributed by atoms with Crippen molar-refractivity contribution >= 4 is 29.0 Å². The minimum Gasteiger partial charge on any atom is -0.462 e. The Balaban J connectivity index is 2.08. The molecule has 8 heteroatoms. The first-order valence-corrected chi connectivity index (χ1v) is 10.9. The Kier molecular flexibility index (Phi) is 7.49. The number of aromatic nitrogens is 3. The summed E-state index contributed by atoms with van der Waals surface area (Å²) in [5, 5.41) is 8.10. The van der Waals surface area contributed by atoms with E-state index in [0.29, 0.717) is 36.0 Å². The molecule has 0 spiro atoms. The van der Waals surface area contributed by atoms with Crippen LogP contribution in [0.25, 0.3) is 5.65 Å². The third kappa shape index (κ3) is 5.34. The van der Waals surface area contributed by atoms with E-state index in [4.69, 9.17) is 16.3 Å². The monoisotopic (exact) mass is 446 g/mol. The van der Waals surface area contributed by atoms with E-state index in [0.717, 1.165) is 18.4 Å². The van der Waals surface area contributed by atoms with Crippen LogP contribution in [-0.2, 0) is 11.2 Å². The maximum absolute atomic E-state index is 13.7. The molecule has 1 unspecified atom stereocenters. The molecule has 3 aromatic rings. The average molecular weight is 447 g/mol. The van der Waals surface area contributed by atoms with Crippen LogP contribution in [0.5, 0.6) is 0 Å². The second-order valence-corrected chi connectivity index (χ2v) is 8.35. The lowest BCUT2D eigenvalue weighted by Crippen LogP contribution is -2.24. The number of carbonyl (C=O) groups is 1. The summed E-state index contributed by atoms with van der Waals surface area (Å²) in [6, 6.07) is 6.45. The summed E-state index contributed by atoms with van der Waals surface area (Å²) in [5.41, 5.74) is 2.03. The molecule has 0 aliphatic heterocycles. The molecule has 6 nitrogen and oxygen atoms in total. The van der Waals surface area contributed by atoms with Crippen LogP contribution in [0, 0.1) is 11.7 Å². The Morgan fingerprint density at radius 2 is 2.10 bits per heavy atom. The Labute approximate surface area is 186 Å².